The van der Waals surface area contributed by atoms with Crippen LogP contribution in [0, 0.1) is 10.8 Å². The lowest BCUT2D eigenvalue weighted by molar-refractivity contribution is -0.164. The Bertz CT molecular complexity index is 1160. The van der Waals surface area contributed by atoms with Crippen LogP contribution in [0.15, 0.2) is 21.9 Å². The summed E-state index contributed by atoms with van der Waals surface area (Å²) in [4.78, 5) is 49.5. The highest BCUT2D eigenvalue weighted by Gasteiger charge is 2.57. The molecule has 17 heteroatoms. The molecule has 0 aliphatic carbocycles. The number of hydrogen-bond donors (Lipinski definition) is 2. The summed E-state index contributed by atoms with van der Waals surface area (Å²) < 4.78 is 59.7. The molecule has 0 spiro atoms. The van der Waals surface area contributed by atoms with E-state index in [1.165, 1.54) is 0 Å². The minimum absolute atomic E-state index is 0.624. The Labute approximate surface area is 228 Å². The Balaban J connectivity index is 2.22. The van der Waals surface area contributed by atoms with Crippen LogP contribution in [-0.4, -0.2) is 70.5 Å². The molecule has 1 aromatic rings. The first-order chi connectivity index (χ1) is 17.8. The second kappa shape index (κ2) is 12.6. The normalized spacial score (nSPS) is 24.0. The smallest absolute Gasteiger partial charge is 0.437 e. The van der Waals surface area contributed by atoms with Crippen molar-refractivity contribution >= 4 is 31.4 Å². The van der Waals surface area contributed by atoms with Gasteiger partial charge in [-0.2, -0.15) is 0 Å². The van der Waals surface area contributed by atoms with Crippen molar-refractivity contribution in [1.29, 1.82) is 0 Å². The number of phosphoric ester groups is 1. The maximum absolute atomic E-state index is 15.1. The van der Waals surface area contributed by atoms with E-state index in [1.807, 2.05) is 4.98 Å². The predicted octanol–water partition coefficient (Wildman–Crippen LogP) is 1.99. The second-order valence-electron chi connectivity index (χ2n) is 10.7. The third-order valence-electron chi connectivity index (χ3n) is 5.31. The van der Waals surface area contributed by atoms with Gasteiger partial charge in [0.1, 0.15) is 11.7 Å². The molecule has 222 valence electrons. The van der Waals surface area contributed by atoms with Gasteiger partial charge in [0.25, 0.3) is 5.56 Å². The average molecular weight is 603 g/mol. The van der Waals surface area contributed by atoms with E-state index < -0.39 is 92.0 Å². The summed E-state index contributed by atoms with van der Waals surface area (Å²) in [6.07, 6.45) is -5.03. The predicted molar refractivity (Wildman–Crippen MR) is 132 cm³/mol. The van der Waals surface area contributed by atoms with E-state index in [-0.39, 0.29) is 0 Å². The minimum atomic E-state index is -4.74. The van der Waals surface area contributed by atoms with E-state index in [2.05, 4.69) is 0 Å². The van der Waals surface area contributed by atoms with Crippen LogP contribution in [-0.2, 0) is 41.9 Å². The molecule has 14 nitrogen and oxygen atoms in total. The van der Waals surface area contributed by atoms with Gasteiger partial charge in [-0.3, -0.25) is 28.5 Å². The van der Waals surface area contributed by atoms with E-state index in [0.29, 0.717) is 4.57 Å². The first-order valence-electron chi connectivity index (χ1n) is 11.6. The number of aliphatic hydroxyl groups excluding tert-OH is 1. The molecule has 2 heterocycles. The molecule has 2 rings (SSSR count). The number of esters is 2. The number of carbonyl (C=O) groups excluding carboxylic acids is 2. The molecule has 0 bridgehead atoms. The number of halogens is 2. The van der Waals surface area contributed by atoms with Gasteiger partial charge in [-0.15, -0.1) is 11.6 Å². The summed E-state index contributed by atoms with van der Waals surface area (Å²) in [6.45, 7) is 6.66. The third kappa shape index (κ3) is 8.43. The Morgan fingerprint density at radius 3 is 2.05 bits per heavy atom. The van der Waals surface area contributed by atoms with E-state index in [1.54, 1.807) is 41.5 Å². The number of phosphoric acid groups is 1. The molecule has 4 atom stereocenters. The van der Waals surface area contributed by atoms with Crippen molar-refractivity contribution in [2.75, 3.05) is 26.1 Å². The molecule has 0 radical (unpaired) electrons. The summed E-state index contributed by atoms with van der Waals surface area (Å²) in [6, 6.07) is 0.939. The fourth-order valence-electron chi connectivity index (χ4n) is 2.95. The van der Waals surface area contributed by atoms with Crippen molar-refractivity contribution in [2.24, 2.45) is 10.8 Å². The number of nitrogens with one attached hydrogen (secondary N) is 1. The van der Waals surface area contributed by atoms with Crippen molar-refractivity contribution in [3.63, 3.8) is 0 Å². The summed E-state index contributed by atoms with van der Waals surface area (Å²) in [5.41, 5.74) is -5.70. The van der Waals surface area contributed by atoms with Gasteiger partial charge >= 0.3 is 25.5 Å². The first-order valence-corrected chi connectivity index (χ1v) is 13.6. The number of ether oxygens (including phenoxy) is 3. The molecule has 1 aromatic heterocycles. The SMILES string of the molecule is CC(C)(C)C(=O)OCOP(=O)(OCOC(=O)C(C)(C)C)OC[C@@]1(CCl)O[C@@H](n2ccc(=O)[nH]c2=O)[C@H](F)[C@@H]1O. The van der Waals surface area contributed by atoms with Gasteiger partial charge in [0.05, 0.1) is 23.3 Å². The topological polar surface area (TPSA) is 182 Å². The Hall–Kier alpha value is -2.13. The highest BCUT2D eigenvalue weighted by atomic mass is 35.5. The molecule has 0 unspecified atom stereocenters. The molecule has 1 aliphatic heterocycles. The maximum Gasteiger partial charge on any atom is 0.480 e. The van der Waals surface area contributed by atoms with Gasteiger partial charge in [-0.25, -0.2) is 22.8 Å². The summed E-state index contributed by atoms with van der Waals surface area (Å²) in [5.74, 6) is -2.05. The van der Waals surface area contributed by atoms with Gasteiger partial charge in [0.2, 0.25) is 13.6 Å². The Morgan fingerprint density at radius 1 is 1.10 bits per heavy atom. The van der Waals surface area contributed by atoms with Crippen LogP contribution in [0.1, 0.15) is 47.8 Å². The number of aliphatic hydroxyl groups is 1. The zero-order chi connectivity index (χ0) is 29.8. The van der Waals surface area contributed by atoms with Gasteiger partial charge in [0, 0.05) is 12.3 Å². The standard InChI is InChI=1S/C22H33ClFN2O12P/c1-20(2,3)17(29)33-11-36-39(32,37-12-34-18(30)21(4,5)6)35-10-22(9-23)15(28)14(24)16(38-22)26-8-7-13(27)25-19(26)31/h7-8,14-16,28H,9-12H2,1-6H3,(H,25,27,31)/t14-,15+,16-,22-/m1/s1. The lowest BCUT2D eigenvalue weighted by Crippen LogP contribution is -2.47. The van der Waals surface area contributed by atoms with Crippen LogP contribution in [0.5, 0.6) is 0 Å². The van der Waals surface area contributed by atoms with Gasteiger partial charge < -0.3 is 19.3 Å². The maximum atomic E-state index is 15.1. The van der Waals surface area contributed by atoms with E-state index in [4.69, 9.17) is 39.4 Å². The van der Waals surface area contributed by atoms with Crippen molar-refractivity contribution in [2.45, 2.75) is 65.6 Å². The third-order valence-corrected chi connectivity index (χ3v) is 7.05. The molecule has 39 heavy (non-hydrogen) atoms. The first kappa shape index (κ1) is 33.1. The average Bonchev–Trinajstić information content (AvgIpc) is 3.07. The van der Waals surface area contributed by atoms with Crippen LogP contribution in [0.3, 0.4) is 0 Å². The molecule has 1 fully saturated rings. The van der Waals surface area contributed by atoms with Crippen molar-refractivity contribution < 1.29 is 51.4 Å². The van der Waals surface area contributed by atoms with Crippen LogP contribution in [0.25, 0.3) is 0 Å². The number of nitrogens with zero attached hydrogens (tertiary/aromatic N) is 1. The molecule has 0 saturated carbocycles. The van der Waals surface area contributed by atoms with Crippen molar-refractivity contribution in [1.82, 2.24) is 9.55 Å². The highest BCUT2D eigenvalue weighted by Crippen LogP contribution is 2.52. The van der Waals surface area contributed by atoms with Crippen molar-refractivity contribution in [3.05, 3.63) is 33.1 Å². The van der Waals surface area contributed by atoms with E-state index in [0.717, 1.165) is 12.3 Å². The molecule has 1 saturated heterocycles. The number of aromatic nitrogens is 2. The number of carbonyl (C=O) groups is 2. The number of rotatable bonds is 11. The summed E-state index contributed by atoms with van der Waals surface area (Å²) in [7, 11) is -4.74. The van der Waals surface area contributed by atoms with Gasteiger partial charge in [-0.1, -0.05) is 0 Å². The largest absolute Gasteiger partial charge is 0.480 e. The van der Waals surface area contributed by atoms with Crippen LogP contribution >= 0.6 is 19.4 Å². The van der Waals surface area contributed by atoms with Crippen LogP contribution in [0.2, 0.25) is 0 Å². The molecular weight excluding hydrogens is 570 g/mol. The number of H-pyrrole nitrogens is 1. The molecule has 1 aliphatic rings. The lowest BCUT2D eigenvalue weighted by atomic mass is 9.98. The zero-order valence-corrected chi connectivity index (χ0v) is 24.0. The van der Waals surface area contributed by atoms with Crippen LogP contribution < -0.4 is 11.2 Å². The number of aromatic amines is 1. The zero-order valence-electron chi connectivity index (χ0n) is 22.3. The van der Waals surface area contributed by atoms with Crippen molar-refractivity contribution in [3.8, 4) is 0 Å². The minimum Gasteiger partial charge on any atom is -0.437 e. The quantitative estimate of drug-likeness (QED) is 0.163. The van der Waals surface area contributed by atoms with Gasteiger partial charge in [0.15, 0.2) is 12.4 Å². The molecular formula is C22H33ClFN2O12P. The highest BCUT2D eigenvalue weighted by molar-refractivity contribution is 7.48. The fourth-order valence-corrected chi connectivity index (χ4v) is 4.21. The second-order valence-corrected chi connectivity index (χ2v) is 12.6. The molecule has 0 aromatic carbocycles. The van der Waals surface area contributed by atoms with Crippen LogP contribution in [0.4, 0.5) is 4.39 Å². The Morgan fingerprint density at radius 2 is 1.62 bits per heavy atom. The Kier molecular flexibility index (Phi) is 10.7. The molecule has 0 amide bonds. The van der Waals surface area contributed by atoms with Gasteiger partial charge in [-0.05, 0) is 41.5 Å². The molecule has 2 N–H and O–H groups in total. The summed E-state index contributed by atoms with van der Waals surface area (Å²) in [5, 5.41) is 10.6. The monoisotopic (exact) mass is 602 g/mol. The fraction of sp³-hybridized carbons (Fsp3) is 0.727. The number of alkyl halides is 2. The van der Waals surface area contributed by atoms with E-state index in [9.17, 15) is 28.8 Å². The number of hydrogen-bond acceptors (Lipinski definition) is 12. The van der Waals surface area contributed by atoms with E-state index >= 15 is 4.39 Å². The lowest BCUT2D eigenvalue weighted by Gasteiger charge is -2.30. The summed E-state index contributed by atoms with van der Waals surface area (Å²) >= 11 is 5.98.